The Kier molecular flexibility index (Phi) is 4.23. The molecule has 0 aliphatic carbocycles. The highest BCUT2D eigenvalue weighted by atomic mass is 16.5. The van der Waals surface area contributed by atoms with Gasteiger partial charge in [0.05, 0.1) is 5.57 Å². The molecule has 5 nitrogen and oxygen atoms in total. The van der Waals surface area contributed by atoms with Crippen LogP contribution in [0.25, 0.3) is 22.6 Å². The molecule has 1 unspecified atom stereocenters. The minimum Gasteiger partial charge on any atom is -0.485 e. The number of anilines is 1. The van der Waals surface area contributed by atoms with Crippen LogP contribution in [-0.2, 0) is 11.3 Å². The number of rotatable bonds is 4. The Hall–Kier alpha value is -3.34. The predicted molar refractivity (Wildman–Crippen MR) is 113 cm³/mol. The molecule has 3 heterocycles. The number of fused-ring (bicyclic) bond motifs is 6. The zero-order chi connectivity index (χ0) is 20.0. The molecule has 0 bridgehead atoms. The van der Waals surface area contributed by atoms with Crippen molar-refractivity contribution in [1.29, 1.82) is 0 Å². The van der Waals surface area contributed by atoms with E-state index in [-0.39, 0.29) is 12.6 Å². The van der Waals surface area contributed by atoms with Gasteiger partial charge in [-0.2, -0.15) is 4.57 Å². The number of ether oxygens (including phenoxy) is 1. The highest BCUT2D eigenvalue weighted by molar-refractivity contribution is 5.88. The number of hydrogen-bond acceptors (Lipinski definition) is 3. The first-order valence-electron chi connectivity index (χ1n) is 10.0. The zero-order valence-electron chi connectivity index (χ0n) is 16.3. The third-order valence-corrected chi connectivity index (χ3v) is 5.85. The largest absolute Gasteiger partial charge is 0.485 e. The van der Waals surface area contributed by atoms with Crippen molar-refractivity contribution in [3.8, 4) is 5.75 Å². The van der Waals surface area contributed by atoms with Crippen LogP contribution in [0.5, 0.6) is 5.75 Å². The summed E-state index contributed by atoms with van der Waals surface area (Å²) in [5, 5.41) is 10.4. The van der Waals surface area contributed by atoms with Crippen LogP contribution in [0, 0.1) is 0 Å². The van der Waals surface area contributed by atoms with Crippen LogP contribution < -0.4 is 14.2 Å². The van der Waals surface area contributed by atoms with E-state index in [9.17, 15) is 4.79 Å². The first-order valence-corrected chi connectivity index (χ1v) is 10.0. The number of benzene rings is 2. The average Bonchev–Trinajstić information content (AvgIpc) is 2.75. The zero-order valence-corrected chi connectivity index (χ0v) is 16.3. The fraction of sp³-hybridized carbons (Fsp3) is 0.250. The SMILES string of the molecule is CCN(CC(=O)O)c1ccc2c(c1)OC1CC[n+]3c(ccc4ccccc43)C1=C2. The predicted octanol–water partition coefficient (Wildman–Crippen LogP) is 3.74. The van der Waals surface area contributed by atoms with Crippen molar-refractivity contribution >= 4 is 34.2 Å². The van der Waals surface area contributed by atoms with E-state index in [2.05, 4.69) is 47.0 Å². The first-order chi connectivity index (χ1) is 14.1. The van der Waals surface area contributed by atoms with E-state index in [4.69, 9.17) is 9.84 Å². The van der Waals surface area contributed by atoms with Gasteiger partial charge >= 0.3 is 5.97 Å². The molecule has 146 valence electrons. The molecule has 5 rings (SSSR count). The van der Waals surface area contributed by atoms with Crippen LogP contribution in [0.4, 0.5) is 5.69 Å². The molecule has 1 aromatic heterocycles. The maximum Gasteiger partial charge on any atom is 0.323 e. The summed E-state index contributed by atoms with van der Waals surface area (Å²) < 4.78 is 8.77. The molecule has 0 saturated heterocycles. The van der Waals surface area contributed by atoms with Crippen LogP contribution in [0.15, 0.2) is 54.6 Å². The van der Waals surface area contributed by atoms with Crippen molar-refractivity contribution in [2.24, 2.45) is 0 Å². The van der Waals surface area contributed by atoms with Gasteiger partial charge in [0.15, 0.2) is 6.54 Å². The lowest BCUT2D eigenvalue weighted by molar-refractivity contribution is -0.678. The lowest BCUT2D eigenvalue weighted by Gasteiger charge is -2.30. The molecule has 5 heteroatoms. The number of aromatic nitrogens is 1. The molecule has 3 aromatic rings. The lowest BCUT2D eigenvalue weighted by Crippen LogP contribution is -2.47. The Morgan fingerprint density at radius 2 is 2.07 bits per heavy atom. The molecule has 1 atom stereocenters. The van der Waals surface area contributed by atoms with E-state index in [0.29, 0.717) is 6.54 Å². The molecule has 0 saturated carbocycles. The highest BCUT2D eigenvalue weighted by Gasteiger charge is 2.35. The number of likely N-dealkylation sites (N-methyl/N-ethyl adjacent to an activating group) is 1. The van der Waals surface area contributed by atoms with E-state index in [1.165, 1.54) is 22.2 Å². The summed E-state index contributed by atoms with van der Waals surface area (Å²) in [4.78, 5) is 13.0. The number of carbonyl (C=O) groups is 1. The van der Waals surface area contributed by atoms with Crippen molar-refractivity contribution in [2.75, 3.05) is 18.0 Å². The van der Waals surface area contributed by atoms with Crippen LogP contribution in [-0.4, -0.2) is 30.3 Å². The number of hydrogen-bond donors (Lipinski definition) is 1. The van der Waals surface area contributed by atoms with Crippen LogP contribution in [0.3, 0.4) is 0 Å². The number of carboxylic acid groups (broad SMARTS) is 1. The Morgan fingerprint density at radius 1 is 1.21 bits per heavy atom. The van der Waals surface area contributed by atoms with Crippen molar-refractivity contribution < 1.29 is 19.2 Å². The molecule has 2 aliphatic heterocycles. The number of aliphatic carboxylic acids is 1. The lowest BCUT2D eigenvalue weighted by atomic mass is 9.92. The normalized spacial score (nSPS) is 16.9. The molecular formula is C24H23N2O3+. The summed E-state index contributed by atoms with van der Waals surface area (Å²) in [5.41, 5.74) is 5.57. The second-order valence-corrected chi connectivity index (χ2v) is 7.55. The third kappa shape index (κ3) is 3.03. The quantitative estimate of drug-likeness (QED) is 0.693. The Balaban J connectivity index is 1.56. The minimum absolute atomic E-state index is 0.0170. The molecule has 29 heavy (non-hydrogen) atoms. The van der Waals surface area contributed by atoms with Gasteiger partial charge < -0.3 is 14.7 Å². The van der Waals surface area contributed by atoms with Crippen molar-refractivity contribution in [1.82, 2.24) is 0 Å². The summed E-state index contributed by atoms with van der Waals surface area (Å²) >= 11 is 0. The topological polar surface area (TPSA) is 53.7 Å². The number of carboxylic acids is 1. The van der Waals surface area contributed by atoms with E-state index in [1.807, 2.05) is 30.0 Å². The van der Waals surface area contributed by atoms with Gasteiger partial charge in [-0.25, -0.2) is 0 Å². The summed E-state index contributed by atoms with van der Waals surface area (Å²) in [6.07, 6.45) is 3.15. The maximum absolute atomic E-state index is 11.1. The Labute approximate surface area is 169 Å². The molecule has 0 fully saturated rings. The minimum atomic E-state index is -0.833. The maximum atomic E-state index is 11.1. The van der Waals surface area contributed by atoms with Crippen LogP contribution in [0.1, 0.15) is 24.6 Å². The summed E-state index contributed by atoms with van der Waals surface area (Å²) in [5.74, 6) is -0.00450. The molecule has 0 spiro atoms. The number of nitrogens with zero attached hydrogens (tertiary/aromatic N) is 2. The summed E-state index contributed by atoms with van der Waals surface area (Å²) in [6.45, 7) is 3.48. The first kappa shape index (κ1) is 17.7. The fourth-order valence-corrected chi connectivity index (χ4v) is 4.42. The van der Waals surface area contributed by atoms with Gasteiger partial charge in [0.25, 0.3) is 0 Å². The smallest absolute Gasteiger partial charge is 0.323 e. The van der Waals surface area contributed by atoms with Gasteiger partial charge in [0.1, 0.15) is 18.4 Å². The standard InChI is InChI=1S/C24H22N2O3/c1-2-25(15-24(27)28)18-9-7-17-13-19-21-10-8-16-5-3-4-6-20(16)26(21)12-11-22(19)29-23(17)14-18/h3-10,13-14,22H,2,11-12,15H2,1H3/p+1. The summed E-state index contributed by atoms with van der Waals surface area (Å²) in [7, 11) is 0. The summed E-state index contributed by atoms with van der Waals surface area (Å²) in [6, 6.07) is 18.8. The second-order valence-electron chi connectivity index (χ2n) is 7.55. The van der Waals surface area contributed by atoms with E-state index >= 15 is 0 Å². The van der Waals surface area contributed by atoms with Gasteiger partial charge in [-0.05, 0) is 37.3 Å². The molecule has 2 aromatic carbocycles. The Morgan fingerprint density at radius 3 is 2.90 bits per heavy atom. The van der Waals surface area contributed by atoms with Crippen molar-refractivity contribution in [3.63, 3.8) is 0 Å². The molecule has 1 N–H and O–H groups in total. The van der Waals surface area contributed by atoms with Gasteiger partial charge in [-0.15, -0.1) is 0 Å². The second kappa shape index (κ2) is 6.92. The molecule has 0 amide bonds. The average molecular weight is 387 g/mol. The van der Waals surface area contributed by atoms with E-state index < -0.39 is 5.97 Å². The van der Waals surface area contributed by atoms with Gasteiger partial charge in [-0.3, -0.25) is 4.79 Å². The number of para-hydroxylation sites is 1. The van der Waals surface area contributed by atoms with Crippen LogP contribution >= 0.6 is 0 Å². The number of aryl methyl sites for hydroxylation is 1. The molecular weight excluding hydrogens is 364 g/mol. The van der Waals surface area contributed by atoms with E-state index in [0.717, 1.165) is 30.0 Å². The molecule has 2 aliphatic rings. The highest BCUT2D eigenvalue weighted by Crippen LogP contribution is 2.38. The van der Waals surface area contributed by atoms with Crippen molar-refractivity contribution in [3.05, 3.63) is 65.9 Å². The third-order valence-electron chi connectivity index (χ3n) is 5.85. The Bertz CT molecular complexity index is 1150. The van der Waals surface area contributed by atoms with Gasteiger partial charge in [0, 0.05) is 47.8 Å². The monoisotopic (exact) mass is 387 g/mol. The fourth-order valence-electron chi connectivity index (χ4n) is 4.42. The van der Waals surface area contributed by atoms with Gasteiger partial charge in [0.2, 0.25) is 11.2 Å². The number of pyridine rings is 1. The molecule has 0 radical (unpaired) electrons. The van der Waals surface area contributed by atoms with Gasteiger partial charge in [-0.1, -0.05) is 12.1 Å². The van der Waals surface area contributed by atoms with Crippen LogP contribution in [0.2, 0.25) is 0 Å². The van der Waals surface area contributed by atoms with Crippen molar-refractivity contribution in [2.45, 2.75) is 26.0 Å². The van der Waals surface area contributed by atoms with E-state index in [1.54, 1.807) is 0 Å².